The summed E-state index contributed by atoms with van der Waals surface area (Å²) in [6, 6.07) is 9.31. The molecule has 2 aromatic heterocycles. The van der Waals surface area contributed by atoms with Crippen molar-refractivity contribution in [3.05, 3.63) is 54.6 Å². The van der Waals surface area contributed by atoms with Crippen LogP contribution in [-0.4, -0.2) is 24.1 Å². The average Bonchev–Trinajstić information content (AvgIpc) is 2.83. The van der Waals surface area contributed by atoms with E-state index in [9.17, 15) is 12.8 Å². The molecule has 20 heavy (non-hydrogen) atoms. The summed E-state index contributed by atoms with van der Waals surface area (Å²) in [4.78, 5) is 4.46. The van der Waals surface area contributed by atoms with Gasteiger partial charge in [-0.1, -0.05) is 12.1 Å². The van der Waals surface area contributed by atoms with Gasteiger partial charge in [0.25, 0.3) is 0 Å². The van der Waals surface area contributed by atoms with E-state index < -0.39 is 15.7 Å². The lowest BCUT2D eigenvalue weighted by Gasteiger charge is -1.99. The van der Waals surface area contributed by atoms with Crippen LogP contribution in [0.25, 0.3) is 16.9 Å². The van der Waals surface area contributed by atoms with E-state index in [1.807, 2.05) is 0 Å². The van der Waals surface area contributed by atoms with Gasteiger partial charge in [0.2, 0.25) is 0 Å². The fourth-order valence-electron chi connectivity index (χ4n) is 1.99. The maximum absolute atomic E-state index is 13.6. The summed E-state index contributed by atoms with van der Waals surface area (Å²) >= 11 is 0. The number of sulfone groups is 1. The Balaban J connectivity index is 2.09. The number of halogens is 1. The number of fused-ring (bicyclic) bond motifs is 1. The maximum atomic E-state index is 13.6. The van der Waals surface area contributed by atoms with Crippen molar-refractivity contribution < 1.29 is 12.8 Å². The largest absolute Gasteiger partial charge is 0.304 e. The minimum atomic E-state index is -3.22. The van der Waals surface area contributed by atoms with Gasteiger partial charge in [0.1, 0.15) is 0 Å². The summed E-state index contributed by atoms with van der Waals surface area (Å²) in [7, 11) is -3.22. The third-order valence-corrected chi connectivity index (χ3v) is 4.14. The maximum Gasteiger partial charge on any atom is 0.175 e. The Hall–Kier alpha value is -2.21. The van der Waals surface area contributed by atoms with E-state index in [0.717, 1.165) is 11.8 Å². The van der Waals surface area contributed by atoms with Gasteiger partial charge in [-0.05, 0) is 24.3 Å². The summed E-state index contributed by atoms with van der Waals surface area (Å²) < 4.78 is 38.0. The quantitative estimate of drug-likeness (QED) is 0.729. The standard InChI is InChI=1S/C14H11FN2O2S/c1-20(18,19)11-6-4-10(5-7-11)13-9-17-8-2-3-12(15)14(17)16-13/h2-9H,1H3. The molecule has 6 heteroatoms. The van der Waals surface area contributed by atoms with Gasteiger partial charge in [-0.15, -0.1) is 0 Å². The lowest BCUT2D eigenvalue weighted by Crippen LogP contribution is -1.96. The van der Waals surface area contributed by atoms with Gasteiger partial charge < -0.3 is 4.40 Å². The fourth-order valence-corrected chi connectivity index (χ4v) is 2.62. The fraction of sp³-hybridized carbons (Fsp3) is 0.0714. The Labute approximate surface area is 115 Å². The number of benzene rings is 1. The van der Waals surface area contributed by atoms with Crippen LogP contribution in [-0.2, 0) is 9.84 Å². The molecule has 0 N–H and O–H groups in total. The second-order valence-corrected chi connectivity index (χ2v) is 6.53. The third-order valence-electron chi connectivity index (χ3n) is 3.01. The van der Waals surface area contributed by atoms with Gasteiger partial charge in [-0.3, -0.25) is 0 Å². The van der Waals surface area contributed by atoms with Gasteiger partial charge in [-0.2, -0.15) is 0 Å². The highest BCUT2D eigenvalue weighted by Gasteiger charge is 2.10. The smallest absolute Gasteiger partial charge is 0.175 e. The van der Waals surface area contributed by atoms with Crippen LogP contribution < -0.4 is 0 Å². The summed E-state index contributed by atoms with van der Waals surface area (Å²) in [6.45, 7) is 0. The molecule has 2 heterocycles. The van der Waals surface area contributed by atoms with Crippen LogP contribution in [0.4, 0.5) is 4.39 Å². The predicted octanol–water partition coefficient (Wildman–Crippen LogP) is 2.54. The van der Waals surface area contributed by atoms with E-state index in [-0.39, 0.29) is 10.5 Å². The van der Waals surface area contributed by atoms with Crippen molar-refractivity contribution in [2.24, 2.45) is 0 Å². The van der Waals surface area contributed by atoms with Crippen molar-refractivity contribution in [1.29, 1.82) is 0 Å². The van der Waals surface area contributed by atoms with Gasteiger partial charge >= 0.3 is 0 Å². The first kappa shape index (κ1) is 12.8. The molecule has 0 amide bonds. The lowest BCUT2D eigenvalue weighted by atomic mass is 10.2. The second kappa shape index (κ2) is 4.42. The van der Waals surface area contributed by atoms with Crippen LogP contribution in [0.1, 0.15) is 0 Å². The lowest BCUT2D eigenvalue weighted by molar-refractivity contribution is 0.602. The first-order valence-electron chi connectivity index (χ1n) is 5.89. The molecule has 0 saturated heterocycles. The van der Waals surface area contributed by atoms with E-state index in [2.05, 4.69) is 4.98 Å². The molecule has 102 valence electrons. The molecule has 0 fully saturated rings. The molecule has 1 aromatic carbocycles. The van der Waals surface area contributed by atoms with Crippen molar-refractivity contribution in [2.75, 3.05) is 6.26 Å². The summed E-state index contributed by atoms with van der Waals surface area (Å²) in [5, 5.41) is 0. The normalized spacial score (nSPS) is 11.9. The molecule has 0 aliphatic heterocycles. The Morgan fingerprint density at radius 1 is 1.15 bits per heavy atom. The Morgan fingerprint density at radius 2 is 1.85 bits per heavy atom. The molecule has 0 atom stereocenters. The topological polar surface area (TPSA) is 51.4 Å². The van der Waals surface area contributed by atoms with Crippen LogP contribution in [0.15, 0.2) is 53.7 Å². The minimum Gasteiger partial charge on any atom is -0.304 e. The number of imidazole rings is 1. The molecular formula is C14H11FN2O2S. The van der Waals surface area contributed by atoms with Crippen molar-refractivity contribution in [2.45, 2.75) is 4.90 Å². The number of aromatic nitrogens is 2. The number of hydrogen-bond acceptors (Lipinski definition) is 3. The van der Waals surface area contributed by atoms with E-state index in [1.165, 1.54) is 18.2 Å². The van der Waals surface area contributed by atoms with Crippen LogP contribution in [0.3, 0.4) is 0 Å². The van der Waals surface area contributed by atoms with Crippen LogP contribution in [0, 0.1) is 5.82 Å². The van der Waals surface area contributed by atoms with Gasteiger partial charge in [-0.25, -0.2) is 17.8 Å². The molecule has 0 aliphatic rings. The SMILES string of the molecule is CS(=O)(=O)c1ccc(-c2cn3cccc(F)c3n2)cc1. The first-order chi connectivity index (χ1) is 9.45. The Morgan fingerprint density at radius 3 is 2.45 bits per heavy atom. The third kappa shape index (κ3) is 2.18. The molecule has 0 spiro atoms. The predicted molar refractivity (Wildman–Crippen MR) is 73.7 cm³/mol. The first-order valence-corrected chi connectivity index (χ1v) is 7.78. The highest BCUT2D eigenvalue weighted by Crippen LogP contribution is 2.22. The molecule has 4 nitrogen and oxygen atoms in total. The van der Waals surface area contributed by atoms with Crippen molar-refractivity contribution >= 4 is 15.5 Å². The van der Waals surface area contributed by atoms with Crippen molar-refractivity contribution in [3.63, 3.8) is 0 Å². The zero-order valence-electron chi connectivity index (χ0n) is 10.6. The van der Waals surface area contributed by atoms with Crippen LogP contribution >= 0.6 is 0 Å². The number of pyridine rings is 1. The Kier molecular flexibility index (Phi) is 2.83. The number of rotatable bonds is 2. The van der Waals surface area contributed by atoms with Crippen molar-refractivity contribution in [1.82, 2.24) is 9.38 Å². The summed E-state index contributed by atoms with van der Waals surface area (Å²) in [6.07, 6.45) is 4.57. The Bertz CT molecular complexity index is 883. The minimum absolute atomic E-state index is 0.245. The number of nitrogens with zero attached hydrogens (tertiary/aromatic N) is 2. The average molecular weight is 290 g/mol. The van der Waals surface area contributed by atoms with E-state index in [4.69, 9.17) is 0 Å². The van der Waals surface area contributed by atoms with Gasteiger partial charge in [0, 0.05) is 24.2 Å². The highest BCUT2D eigenvalue weighted by molar-refractivity contribution is 7.90. The molecule has 0 aliphatic carbocycles. The number of hydrogen-bond donors (Lipinski definition) is 0. The summed E-state index contributed by atoms with van der Waals surface area (Å²) in [5.41, 5.74) is 1.57. The van der Waals surface area contributed by atoms with Crippen molar-refractivity contribution in [3.8, 4) is 11.3 Å². The molecule has 0 unspecified atom stereocenters. The molecule has 0 radical (unpaired) electrons. The molecule has 3 rings (SSSR count). The second-order valence-electron chi connectivity index (χ2n) is 4.51. The highest BCUT2D eigenvalue weighted by atomic mass is 32.2. The molecule has 3 aromatic rings. The van der Waals surface area contributed by atoms with Gasteiger partial charge in [0.15, 0.2) is 21.3 Å². The molecular weight excluding hydrogens is 279 g/mol. The van der Waals surface area contributed by atoms with Crippen LogP contribution in [0.2, 0.25) is 0 Å². The summed E-state index contributed by atoms with van der Waals surface area (Å²) in [5.74, 6) is -0.397. The van der Waals surface area contributed by atoms with E-state index in [1.54, 1.807) is 35.0 Å². The molecule has 0 saturated carbocycles. The van der Waals surface area contributed by atoms with E-state index in [0.29, 0.717) is 5.69 Å². The monoisotopic (exact) mass is 290 g/mol. The zero-order chi connectivity index (χ0) is 14.3. The molecule has 0 bridgehead atoms. The van der Waals surface area contributed by atoms with E-state index >= 15 is 0 Å². The van der Waals surface area contributed by atoms with Gasteiger partial charge in [0.05, 0.1) is 10.6 Å². The zero-order valence-corrected chi connectivity index (χ0v) is 11.4. The van der Waals surface area contributed by atoms with Crippen LogP contribution in [0.5, 0.6) is 0 Å².